The Bertz CT molecular complexity index is 654. The van der Waals surface area contributed by atoms with Crippen LogP contribution in [-0.4, -0.2) is 74.1 Å². The lowest BCUT2D eigenvalue weighted by Crippen LogP contribution is -2.40. The SMILES string of the molecule is COc1ccc(COC2C(COC(=O)C(C)(C)C)OC(CC(O)CO)C2OC)cc1. The predicted octanol–water partition coefficient (Wildman–Crippen LogP) is 1.70. The maximum Gasteiger partial charge on any atom is 0.311 e. The Kier molecular flexibility index (Phi) is 9.06. The summed E-state index contributed by atoms with van der Waals surface area (Å²) < 4.78 is 28.4. The smallest absolute Gasteiger partial charge is 0.311 e. The largest absolute Gasteiger partial charge is 0.497 e. The summed E-state index contributed by atoms with van der Waals surface area (Å²) in [5.74, 6) is 0.413. The van der Waals surface area contributed by atoms with Crippen molar-refractivity contribution < 1.29 is 38.7 Å². The number of carbonyl (C=O) groups is 1. The van der Waals surface area contributed by atoms with E-state index < -0.39 is 35.9 Å². The van der Waals surface area contributed by atoms with Crippen molar-refractivity contribution >= 4 is 5.97 Å². The molecule has 1 fully saturated rings. The van der Waals surface area contributed by atoms with Crippen molar-refractivity contribution in [2.75, 3.05) is 27.4 Å². The Morgan fingerprint density at radius 2 is 1.80 bits per heavy atom. The molecule has 8 heteroatoms. The highest BCUT2D eigenvalue weighted by Gasteiger charge is 2.47. The summed E-state index contributed by atoms with van der Waals surface area (Å²) in [6.07, 6.45) is -2.82. The monoisotopic (exact) mass is 426 g/mol. The number of aliphatic hydroxyl groups excluding tert-OH is 2. The summed E-state index contributed by atoms with van der Waals surface area (Å²) in [5, 5.41) is 19.1. The summed E-state index contributed by atoms with van der Waals surface area (Å²) in [6.45, 7) is 5.27. The molecular weight excluding hydrogens is 392 g/mol. The van der Waals surface area contributed by atoms with E-state index in [2.05, 4.69) is 0 Å². The van der Waals surface area contributed by atoms with Crippen LogP contribution in [0.3, 0.4) is 0 Å². The van der Waals surface area contributed by atoms with Crippen LogP contribution in [0.4, 0.5) is 0 Å². The number of rotatable bonds is 10. The lowest BCUT2D eigenvalue weighted by molar-refractivity contribution is -0.159. The van der Waals surface area contributed by atoms with Gasteiger partial charge in [-0.1, -0.05) is 12.1 Å². The van der Waals surface area contributed by atoms with Crippen molar-refractivity contribution in [3.05, 3.63) is 29.8 Å². The van der Waals surface area contributed by atoms with Gasteiger partial charge in [0.15, 0.2) is 0 Å². The Morgan fingerprint density at radius 3 is 2.33 bits per heavy atom. The van der Waals surface area contributed by atoms with Gasteiger partial charge in [0.1, 0.15) is 30.7 Å². The van der Waals surface area contributed by atoms with Gasteiger partial charge < -0.3 is 33.9 Å². The number of benzene rings is 1. The van der Waals surface area contributed by atoms with Gasteiger partial charge in [0.05, 0.1) is 37.9 Å². The number of hydrogen-bond donors (Lipinski definition) is 2. The molecule has 0 amide bonds. The highest BCUT2D eigenvalue weighted by atomic mass is 16.6. The molecule has 2 N–H and O–H groups in total. The zero-order chi connectivity index (χ0) is 22.3. The molecule has 8 nitrogen and oxygen atoms in total. The van der Waals surface area contributed by atoms with Gasteiger partial charge in [-0.2, -0.15) is 0 Å². The van der Waals surface area contributed by atoms with Crippen molar-refractivity contribution in [2.24, 2.45) is 5.41 Å². The molecule has 1 aromatic carbocycles. The Balaban J connectivity index is 2.10. The van der Waals surface area contributed by atoms with E-state index >= 15 is 0 Å². The van der Waals surface area contributed by atoms with Gasteiger partial charge in [0.2, 0.25) is 0 Å². The molecule has 0 aromatic heterocycles. The van der Waals surface area contributed by atoms with E-state index in [-0.39, 0.29) is 25.6 Å². The third-order valence-corrected chi connectivity index (χ3v) is 4.99. The van der Waals surface area contributed by atoms with Crippen LogP contribution < -0.4 is 4.74 Å². The fraction of sp³-hybridized carbons (Fsp3) is 0.682. The second kappa shape index (κ2) is 11.1. The van der Waals surface area contributed by atoms with E-state index in [1.807, 2.05) is 24.3 Å². The van der Waals surface area contributed by atoms with Gasteiger partial charge in [-0.3, -0.25) is 4.79 Å². The summed E-state index contributed by atoms with van der Waals surface area (Å²) in [4.78, 5) is 12.2. The minimum Gasteiger partial charge on any atom is -0.497 e. The second-order valence-corrected chi connectivity index (χ2v) is 8.46. The van der Waals surface area contributed by atoms with Crippen LogP contribution in [0.15, 0.2) is 24.3 Å². The number of methoxy groups -OCH3 is 2. The molecule has 170 valence electrons. The first-order chi connectivity index (χ1) is 14.2. The molecule has 5 unspecified atom stereocenters. The summed E-state index contributed by atoms with van der Waals surface area (Å²) in [5.41, 5.74) is 0.306. The third-order valence-electron chi connectivity index (χ3n) is 4.99. The highest BCUT2D eigenvalue weighted by Crippen LogP contribution is 2.31. The number of esters is 1. The van der Waals surface area contributed by atoms with E-state index in [9.17, 15) is 15.0 Å². The van der Waals surface area contributed by atoms with Gasteiger partial charge in [0.25, 0.3) is 0 Å². The van der Waals surface area contributed by atoms with Crippen LogP contribution in [0, 0.1) is 5.41 Å². The average Bonchev–Trinajstić information content (AvgIpc) is 3.05. The molecule has 5 atom stereocenters. The molecule has 1 aliphatic rings. The maximum absolute atomic E-state index is 12.2. The van der Waals surface area contributed by atoms with Crippen LogP contribution in [0.1, 0.15) is 32.8 Å². The van der Waals surface area contributed by atoms with Crippen LogP contribution in [0.2, 0.25) is 0 Å². The Morgan fingerprint density at radius 1 is 1.13 bits per heavy atom. The first kappa shape index (κ1) is 24.6. The Hall–Kier alpha value is -1.71. The lowest BCUT2D eigenvalue weighted by Gasteiger charge is -2.25. The number of aliphatic hydroxyl groups is 2. The second-order valence-electron chi connectivity index (χ2n) is 8.46. The van der Waals surface area contributed by atoms with Gasteiger partial charge >= 0.3 is 5.97 Å². The van der Waals surface area contributed by atoms with Crippen molar-refractivity contribution in [3.8, 4) is 5.75 Å². The van der Waals surface area contributed by atoms with Crippen LogP contribution >= 0.6 is 0 Å². The molecule has 0 spiro atoms. The van der Waals surface area contributed by atoms with E-state index in [0.29, 0.717) is 6.61 Å². The summed E-state index contributed by atoms with van der Waals surface area (Å²) in [6, 6.07) is 7.50. The molecule has 0 aliphatic carbocycles. The quantitative estimate of drug-likeness (QED) is 0.545. The normalized spacial score (nSPS) is 25.2. The maximum atomic E-state index is 12.2. The minimum atomic E-state index is -0.939. The van der Waals surface area contributed by atoms with Crippen molar-refractivity contribution in [1.29, 1.82) is 0 Å². The van der Waals surface area contributed by atoms with Crippen molar-refractivity contribution in [1.82, 2.24) is 0 Å². The van der Waals surface area contributed by atoms with E-state index in [0.717, 1.165) is 11.3 Å². The molecule has 1 saturated heterocycles. The van der Waals surface area contributed by atoms with Crippen LogP contribution in [0.5, 0.6) is 5.75 Å². The molecular formula is C22H34O8. The standard InChI is InChI=1S/C22H34O8/c1-22(2,3)21(25)29-13-18-20(19(27-5)17(30-18)10-15(24)11-23)28-12-14-6-8-16(26-4)9-7-14/h6-9,15,17-20,23-24H,10-13H2,1-5H3. The van der Waals surface area contributed by atoms with Gasteiger partial charge in [-0.15, -0.1) is 0 Å². The molecule has 0 bridgehead atoms. The van der Waals surface area contributed by atoms with E-state index in [4.69, 9.17) is 23.7 Å². The lowest BCUT2D eigenvalue weighted by atomic mass is 9.97. The van der Waals surface area contributed by atoms with Gasteiger partial charge in [-0.05, 0) is 38.5 Å². The molecule has 1 aliphatic heterocycles. The summed E-state index contributed by atoms with van der Waals surface area (Å²) in [7, 11) is 3.15. The number of carbonyl (C=O) groups excluding carboxylic acids is 1. The third kappa shape index (κ3) is 6.65. The zero-order valence-corrected chi connectivity index (χ0v) is 18.4. The van der Waals surface area contributed by atoms with Gasteiger partial charge in [-0.25, -0.2) is 0 Å². The summed E-state index contributed by atoms with van der Waals surface area (Å²) >= 11 is 0. The fourth-order valence-corrected chi connectivity index (χ4v) is 3.25. The van der Waals surface area contributed by atoms with Gasteiger partial charge in [0, 0.05) is 13.5 Å². The van der Waals surface area contributed by atoms with Crippen molar-refractivity contribution in [3.63, 3.8) is 0 Å². The molecule has 1 heterocycles. The first-order valence-corrected chi connectivity index (χ1v) is 10.1. The van der Waals surface area contributed by atoms with Crippen molar-refractivity contribution in [2.45, 2.75) is 64.3 Å². The molecule has 2 rings (SSSR count). The fourth-order valence-electron chi connectivity index (χ4n) is 3.25. The predicted molar refractivity (Wildman–Crippen MR) is 109 cm³/mol. The molecule has 30 heavy (non-hydrogen) atoms. The number of hydrogen-bond acceptors (Lipinski definition) is 8. The van der Waals surface area contributed by atoms with Crippen LogP contribution in [0.25, 0.3) is 0 Å². The topological polar surface area (TPSA) is 104 Å². The highest BCUT2D eigenvalue weighted by molar-refractivity contribution is 5.75. The number of ether oxygens (including phenoxy) is 5. The molecule has 0 radical (unpaired) electrons. The van der Waals surface area contributed by atoms with Crippen LogP contribution in [-0.2, 0) is 30.3 Å². The average molecular weight is 427 g/mol. The minimum absolute atomic E-state index is 0.00889. The molecule has 0 saturated carbocycles. The van der Waals surface area contributed by atoms with E-state index in [1.165, 1.54) is 0 Å². The van der Waals surface area contributed by atoms with E-state index in [1.54, 1.807) is 35.0 Å². The first-order valence-electron chi connectivity index (χ1n) is 10.1. The molecule has 1 aromatic rings. The Labute approximate surface area is 178 Å². The zero-order valence-electron chi connectivity index (χ0n) is 18.4.